The molecule has 0 amide bonds. The molecule has 0 bridgehead atoms. The molecule has 0 saturated heterocycles. The summed E-state index contributed by atoms with van der Waals surface area (Å²) in [7, 11) is -2.02. The molecule has 2 fully saturated rings. The lowest BCUT2D eigenvalue weighted by molar-refractivity contribution is -0.00471. The van der Waals surface area contributed by atoms with Crippen molar-refractivity contribution in [3.8, 4) is 0 Å². The zero-order chi connectivity index (χ0) is 35.3. The van der Waals surface area contributed by atoms with Gasteiger partial charge in [-0.3, -0.25) is 0 Å². The molecule has 6 aliphatic rings. The van der Waals surface area contributed by atoms with Gasteiger partial charge in [0.2, 0.25) is 0 Å². The molecule has 0 spiro atoms. The van der Waals surface area contributed by atoms with E-state index >= 15 is 0 Å². The number of unbranched alkanes of at least 4 members (excludes halogenated alkanes) is 3. The van der Waals surface area contributed by atoms with Gasteiger partial charge in [0.1, 0.15) is 0 Å². The van der Waals surface area contributed by atoms with Gasteiger partial charge in [-0.15, -0.1) is 0 Å². The summed E-state index contributed by atoms with van der Waals surface area (Å²) in [5.74, 6) is 4.22. The number of aryl methyl sites for hydroxylation is 2. The molecule has 2 nitrogen and oxygen atoms in total. The predicted molar refractivity (Wildman–Crippen MR) is 219 cm³/mol. The Hall–Kier alpha value is -3.14. The van der Waals surface area contributed by atoms with Gasteiger partial charge in [0.25, 0.3) is 0 Å². The maximum Gasteiger partial charge on any atom is 0.0598 e. The van der Waals surface area contributed by atoms with Gasteiger partial charge in [-0.1, -0.05) is 147 Å². The third kappa shape index (κ3) is 6.35. The third-order valence-electron chi connectivity index (χ3n) is 14.0. The number of ether oxygens (including phenoxy) is 1. The molecule has 1 aliphatic heterocycles. The van der Waals surface area contributed by atoms with Crippen LogP contribution >= 0.6 is 0 Å². The fourth-order valence-electron chi connectivity index (χ4n) is 12.0. The minimum absolute atomic E-state index is 0.0501. The first kappa shape index (κ1) is 34.9. The summed E-state index contributed by atoms with van der Waals surface area (Å²) in [6.45, 7) is 15.9. The van der Waals surface area contributed by atoms with E-state index in [4.69, 9.17) is 4.74 Å². The van der Waals surface area contributed by atoms with Crippen LogP contribution in [0.5, 0.6) is 0 Å². The van der Waals surface area contributed by atoms with Crippen molar-refractivity contribution in [3.63, 3.8) is 0 Å². The van der Waals surface area contributed by atoms with Crippen LogP contribution in [0.25, 0.3) is 0 Å². The van der Waals surface area contributed by atoms with Crippen molar-refractivity contribution in [1.82, 2.24) is 0 Å². The summed E-state index contributed by atoms with van der Waals surface area (Å²) in [5, 5.41) is 0. The second-order valence-corrected chi connectivity index (χ2v) is 22.9. The van der Waals surface area contributed by atoms with Crippen LogP contribution in [0.2, 0.25) is 23.7 Å². The fourth-order valence-corrected chi connectivity index (χ4v) is 18.9. The first-order chi connectivity index (χ1) is 24.7. The highest BCUT2D eigenvalue weighted by molar-refractivity contribution is 6.82. The summed E-state index contributed by atoms with van der Waals surface area (Å²) >= 11 is 0. The quantitative estimate of drug-likeness (QED) is 0.171. The lowest BCUT2D eigenvalue weighted by atomic mass is 9.83. The Morgan fingerprint density at radius 1 is 0.667 bits per heavy atom. The molecule has 10 atom stereocenters. The molecule has 0 aromatic heterocycles. The topological polar surface area (TPSA) is 12.5 Å². The normalized spacial score (nSPS) is 33.6. The molecule has 2 aromatic carbocycles. The molecule has 0 radical (unpaired) electrons. The second-order valence-electron chi connectivity index (χ2n) is 18.1. The van der Waals surface area contributed by atoms with Crippen molar-refractivity contribution in [1.29, 1.82) is 0 Å². The van der Waals surface area contributed by atoms with E-state index in [0.717, 1.165) is 18.7 Å². The molecule has 2 aromatic rings. The van der Waals surface area contributed by atoms with Crippen LogP contribution in [0.3, 0.4) is 0 Å². The van der Waals surface area contributed by atoms with Crippen molar-refractivity contribution in [2.75, 3.05) is 11.5 Å². The van der Waals surface area contributed by atoms with Crippen molar-refractivity contribution in [3.05, 3.63) is 138 Å². The second kappa shape index (κ2) is 14.0. The zero-order valence-electron chi connectivity index (χ0n) is 32.0. The number of allylic oxidation sites excluding steroid dienone is 11. The van der Waals surface area contributed by atoms with E-state index in [0.29, 0.717) is 53.0 Å². The highest BCUT2D eigenvalue weighted by atomic mass is 28.3. The van der Waals surface area contributed by atoms with E-state index in [1.807, 2.05) is 0 Å². The lowest BCUT2D eigenvalue weighted by Crippen LogP contribution is -2.48. The van der Waals surface area contributed by atoms with Crippen LogP contribution in [0.4, 0.5) is 5.69 Å². The molecule has 51 heavy (non-hydrogen) atoms. The smallest absolute Gasteiger partial charge is 0.0598 e. The minimum atomic E-state index is -2.02. The Morgan fingerprint density at radius 2 is 1.25 bits per heavy atom. The van der Waals surface area contributed by atoms with Crippen LogP contribution in [0.1, 0.15) is 74.6 Å². The van der Waals surface area contributed by atoms with Gasteiger partial charge < -0.3 is 9.64 Å². The average molecular weight is 696 g/mol. The zero-order valence-corrected chi connectivity index (χ0v) is 33.0. The largest absolute Gasteiger partial charge is 0.376 e. The SMILES string of the molecule is Cc1ccc2c(c1)C1C(C3C=CC=CC3C1[Si](C)(CCCCCCOC(C)(C)C)C1C3C=CC=CC3C3C=CC=CC31)N2Cc1ccccc1C. The van der Waals surface area contributed by atoms with E-state index in [1.54, 1.807) is 5.56 Å². The van der Waals surface area contributed by atoms with Gasteiger partial charge in [0, 0.05) is 36.7 Å². The van der Waals surface area contributed by atoms with E-state index in [-0.39, 0.29) is 5.60 Å². The monoisotopic (exact) mass is 695 g/mol. The first-order valence-electron chi connectivity index (χ1n) is 20.3. The molecule has 2 saturated carbocycles. The Labute approximate surface area is 310 Å². The summed E-state index contributed by atoms with van der Waals surface area (Å²) in [6.07, 6.45) is 35.2. The minimum Gasteiger partial charge on any atom is -0.376 e. The highest BCUT2D eigenvalue weighted by Crippen LogP contribution is 2.70. The number of hydrogen-bond donors (Lipinski definition) is 0. The maximum absolute atomic E-state index is 6.13. The van der Waals surface area contributed by atoms with E-state index in [1.165, 1.54) is 54.1 Å². The Morgan fingerprint density at radius 3 is 1.90 bits per heavy atom. The lowest BCUT2D eigenvalue weighted by Gasteiger charge is -2.48. The molecule has 8 rings (SSSR count). The standard InChI is InChI=1S/C48H61NOSi/c1-33-27-28-43-42(31-33)44-45(49(43)32-35-20-10-9-19-34(35)2)38-23-13-16-26-41(38)47(44)51(6,30-18-8-7-17-29-50-48(3,4)5)46-39-24-14-11-21-36(39)37-22-12-15-25-40(37)46/h9-16,19-28,31,36-41,44-47H,7-8,17-18,29-30,32H2,1-6H3. The third-order valence-corrected chi connectivity index (χ3v) is 20.0. The van der Waals surface area contributed by atoms with Gasteiger partial charge in [-0.25, -0.2) is 0 Å². The number of benzene rings is 2. The molecular formula is C48H61NOSi. The molecule has 1 heterocycles. The molecular weight excluding hydrogens is 635 g/mol. The summed E-state index contributed by atoms with van der Waals surface area (Å²) in [4.78, 5) is 2.87. The van der Waals surface area contributed by atoms with E-state index in [2.05, 4.69) is 161 Å². The summed E-state index contributed by atoms with van der Waals surface area (Å²) in [5.41, 5.74) is 8.82. The van der Waals surface area contributed by atoms with Crippen LogP contribution in [0.15, 0.2) is 115 Å². The first-order valence-corrected chi connectivity index (χ1v) is 23.1. The van der Waals surface area contributed by atoms with Crippen molar-refractivity contribution < 1.29 is 4.74 Å². The molecule has 0 N–H and O–H groups in total. The Bertz CT molecular complexity index is 1740. The van der Waals surface area contributed by atoms with Crippen LogP contribution in [0, 0.1) is 49.4 Å². The van der Waals surface area contributed by atoms with Crippen LogP contribution in [-0.4, -0.2) is 26.3 Å². The Balaban J connectivity index is 1.20. The number of fused-ring (bicyclic) bond motifs is 8. The fraction of sp³-hybridized carbons (Fsp3) is 0.500. The van der Waals surface area contributed by atoms with Crippen molar-refractivity contribution in [2.45, 2.75) is 108 Å². The predicted octanol–water partition coefficient (Wildman–Crippen LogP) is 12.1. The number of anilines is 1. The average Bonchev–Trinajstić information content (AvgIpc) is 3.74. The van der Waals surface area contributed by atoms with E-state index in [9.17, 15) is 0 Å². The van der Waals surface area contributed by atoms with E-state index < -0.39 is 8.07 Å². The number of nitrogens with zero attached hydrogens (tertiary/aromatic N) is 1. The van der Waals surface area contributed by atoms with Gasteiger partial charge in [-0.2, -0.15) is 0 Å². The van der Waals surface area contributed by atoms with Crippen molar-refractivity contribution >= 4 is 13.8 Å². The van der Waals surface area contributed by atoms with Gasteiger partial charge >= 0.3 is 0 Å². The highest BCUT2D eigenvalue weighted by Gasteiger charge is 2.65. The maximum atomic E-state index is 6.13. The van der Waals surface area contributed by atoms with Gasteiger partial charge in [0.05, 0.1) is 13.7 Å². The molecule has 10 unspecified atom stereocenters. The van der Waals surface area contributed by atoms with Crippen LogP contribution in [-0.2, 0) is 11.3 Å². The molecule has 5 aliphatic carbocycles. The number of rotatable bonds is 11. The summed E-state index contributed by atoms with van der Waals surface area (Å²) < 4.78 is 6.13. The van der Waals surface area contributed by atoms with Crippen LogP contribution < -0.4 is 4.90 Å². The van der Waals surface area contributed by atoms with Gasteiger partial charge in [-0.05, 0) is 104 Å². The van der Waals surface area contributed by atoms with Crippen molar-refractivity contribution in [2.24, 2.45) is 35.5 Å². The molecule has 3 heteroatoms. The number of hydrogen-bond acceptors (Lipinski definition) is 2. The molecule has 268 valence electrons. The Kier molecular flexibility index (Phi) is 9.59. The summed E-state index contributed by atoms with van der Waals surface area (Å²) in [6, 6.07) is 18.5. The van der Waals surface area contributed by atoms with Gasteiger partial charge in [0.15, 0.2) is 0 Å².